The number of methoxy groups -OCH3 is 1. The van der Waals surface area contributed by atoms with Crippen LogP contribution in [-0.4, -0.2) is 34.6 Å². The van der Waals surface area contributed by atoms with Crippen LogP contribution in [0.2, 0.25) is 0 Å². The summed E-state index contributed by atoms with van der Waals surface area (Å²) in [5.74, 6) is 0.173. The van der Waals surface area contributed by atoms with Crippen molar-refractivity contribution in [3.63, 3.8) is 0 Å². The van der Waals surface area contributed by atoms with Gasteiger partial charge in [-0.2, -0.15) is 5.10 Å². The Hall–Kier alpha value is -2.76. The van der Waals surface area contributed by atoms with Gasteiger partial charge in [0.15, 0.2) is 11.5 Å². The molecule has 2 rings (SSSR count). The molecule has 0 radical (unpaired) electrons. The van der Waals surface area contributed by atoms with Gasteiger partial charge in [0.1, 0.15) is 6.61 Å². The van der Waals surface area contributed by atoms with Gasteiger partial charge in [-0.05, 0) is 29.8 Å². The molecule has 0 spiro atoms. The molecule has 1 N–H and O–H groups in total. The van der Waals surface area contributed by atoms with Crippen LogP contribution in [0.4, 0.5) is 0 Å². The number of aromatic nitrogens is 2. The van der Waals surface area contributed by atoms with E-state index in [1.165, 1.54) is 6.08 Å². The van der Waals surface area contributed by atoms with E-state index in [2.05, 4.69) is 5.10 Å². The van der Waals surface area contributed by atoms with E-state index in [1.54, 1.807) is 36.2 Å². The molecule has 110 valence electrons. The van der Waals surface area contributed by atoms with Crippen LogP contribution in [0, 0.1) is 0 Å². The first kappa shape index (κ1) is 14.6. The van der Waals surface area contributed by atoms with Gasteiger partial charge in [-0.15, -0.1) is 0 Å². The van der Waals surface area contributed by atoms with Gasteiger partial charge in [-0.25, -0.2) is 4.79 Å². The first-order valence-electron chi connectivity index (χ1n) is 6.38. The highest BCUT2D eigenvalue weighted by molar-refractivity contribution is 5.85. The fourth-order valence-electron chi connectivity index (χ4n) is 1.76. The molecule has 0 saturated carbocycles. The highest BCUT2D eigenvalue weighted by atomic mass is 16.5. The predicted molar refractivity (Wildman–Crippen MR) is 77.4 cm³/mol. The normalized spacial score (nSPS) is 10.7. The third-order valence-electron chi connectivity index (χ3n) is 2.74. The fourth-order valence-corrected chi connectivity index (χ4v) is 1.76. The minimum absolute atomic E-state index is 0.435. The standard InChI is InChI=1S/C15H16N2O4/c1-20-13-5-3-12(4-6-15(18)19)11-14(13)21-10-9-17-8-2-7-16-17/h2-8,11H,9-10H2,1H3,(H,18,19). The summed E-state index contributed by atoms with van der Waals surface area (Å²) >= 11 is 0. The zero-order valence-electron chi connectivity index (χ0n) is 11.6. The highest BCUT2D eigenvalue weighted by Crippen LogP contribution is 2.28. The number of ether oxygens (including phenoxy) is 2. The molecule has 1 heterocycles. The first-order valence-corrected chi connectivity index (χ1v) is 6.38. The number of benzene rings is 1. The molecule has 0 aliphatic rings. The Balaban J connectivity index is 2.04. The summed E-state index contributed by atoms with van der Waals surface area (Å²) in [6.07, 6.45) is 6.14. The summed E-state index contributed by atoms with van der Waals surface area (Å²) in [6, 6.07) is 7.09. The van der Waals surface area contributed by atoms with E-state index in [1.807, 2.05) is 12.3 Å². The Bertz CT molecular complexity index is 621. The third kappa shape index (κ3) is 4.38. The lowest BCUT2D eigenvalue weighted by molar-refractivity contribution is -0.131. The molecule has 0 atom stereocenters. The number of carboxylic acids is 1. The van der Waals surface area contributed by atoms with Gasteiger partial charge < -0.3 is 14.6 Å². The molecule has 1 aromatic carbocycles. The molecular weight excluding hydrogens is 272 g/mol. The van der Waals surface area contributed by atoms with Crippen LogP contribution in [0.15, 0.2) is 42.7 Å². The van der Waals surface area contributed by atoms with E-state index in [4.69, 9.17) is 14.6 Å². The SMILES string of the molecule is COc1ccc(C=CC(=O)O)cc1OCCn1cccn1. The Morgan fingerprint density at radius 2 is 2.29 bits per heavy atom. The van der Waals surface area contributed by atoms with E-state index < -0.39 is 5.97 Å². The summed E-state index contributed by atoms with van der Waals surface area (Å²) in [4.78, 5) is 10.5. The van der Waals surface area contributed by atoms with Gasteiger partial charge in [-0.3, -0.25) is 4.68 Å². The average Bonchev–Trinajstić information content (AvgIpc) is 2.98. The molecular formula is C15H16N2O4. The molecule has 1 aromatic heterocycles. The summed E-state index contributed by atoms with van der Waals surface area (Å²) in [7, 11) is 1.56. The quantitative estimate of drug-likeness (QED) is 0.789. The van der Waals surface area contributed by atoms with Gasteiger partial charge >= 0.3 is 5.97 Å². The van der Waals surface area contributed by atoms with Crippen LogP contribution in [-0.2, 0) is 11.3 Å². The molecule has 0 unspecified atom stereocenters. The minimum Gasteiger partial charge on any atom is -0.493 e. The van der Waals surface area contributed by atoms with Crippen LogP contribution < -0.4 is 9.47 Å². The second-order valence-corrected chi connectivity index (χ2v) is 4.20. The summed E-state index contributed by atoms with van der Waals surface area (Å²) < 4.78 is 12.7. The van der Waals surface area contributed by atoms with Gasteiger partial charge in [0.05, 0.1) is 13.7 Å². The van der Waals surface area contributed by atoms with Gasteiger partial charge in [-0.1, -0.05) is 6.07 Å². The molecule has 6 heteroatoms. The highest BCUT2D eigenvalue weighted by Gasteiger charge is 2.05. The number of aliphatic carboxylic acids is 1. The Kier molecular flexibility index (Phi) is 4.98. The van der Waals surface area contributed by atoms with Crippen LogP contribution >= 0.6 is 0 Å². The largest absolute Gasteiger partial charge is 0.493 e. The average molecular weight is 288 g/mol. The van der Waals surface area contributed by atoms with E-state index in [0.717, 1.165) is 11.6 Å². The maximum absolute atomic E-state index is 10.5. The number of rotatable bonds is 7. The van der Waals surface area contributed by atoms with Crippen molar-refractivity contribution in [1.82, 2.24) is 9.78 Å². The topological polar surface area (TPSA) is 73.6 Å². The summed E-state index contributed by atoms with van der Waals surface area (Å²) in [5.41, 5.74) is 0.729. The zero-order chi connectivity index (χ0) is 15.1. The van der Waals surface area contributed by atoms with E-state index in [0.29, 0.717) is 24.7 Å². The maximum atomic E-state index is 10.5. The van der Waals surface area contributed by atoms with Crippen molar-refractivity contribution >= 4 is 12.0 Å². The molecule has 0 saturated heterocycles. The lowest BCUT2D eigenvalue weighted by atomic mass is 10.2. The Morgan fingerprint density at radius 3 is 2.95 bits per heavy atom. The van der Waals surface area contributed by atoms with Crippen molar-refractivity contribution in [2.24, 2.45) is 0 Å². The number of hydrogen-bond acceptors (Lipinski definition) is 4. The van der Waals surface area contributed by atoms with Crippen LogP contribution in [0.1, 0.15) is 5.56 Å². The van der Waals surface area contributed by atoms with Gasteiger partial charge in [0.25, 0.3) is 0 Å². The molecule has 21 heavy (non-hydrogen) atoms. The van der Waals surface area contributed by atoms with Crippen molar-refractivity contribution in [3.05, 3.63) is 48.3 Å². The van der Waals surface area contributed by atoms with E-state index in [-0.39, 0.29) is 0 Å². The lowest BCUT2D eigenvalue weighted by Crippen LogP contribution is -2.09. The van der Waals surface area contributed by atoms with Crippen LogP contribution in [0.3, 0.4) is 0 Å². The molecule has 6 nitrogen and oxygen atoms in total. The van der Waals surface area contributed by atoms with Crippen molar-refractivity contribution in [1.29, 1.82) is 0 Å². The number of nitrogens with zero attached hydrogens (tertiary/aromatic N) is 2. The van der Waals surface area contributed by atoms with Gasteiger partial charge in [0.2, 0.25) is 0 Å². The molecule has 0 amide bonds. The number of hydrogen-bond donors (Lipinski definition) is 1. The summed E-state index contributed by atoms with van der Waals surface area (Å²) in [6.45, 7) is 1.05. The second kappa shape index (κ2) is 7.14. The van der Waals surface area contributed by atoms with Gasteiger partial charge in [0, 0.05) is 18.5 Å². The number of carboxylic acid groups (broad SMARTS) is 1. The molecule has 0 bridgehead atoms. The van der Waals surface area contributed by atoms with Crippen molar-refractivity contribution in [3.8, 4) is 11.5 Å². The molecule has 0 aliphatic heterocycles. The molecule has 2 aromatic rings. The smallest absolute Gasteiger partial charge is 0.328 e. The second-order valence-electron chi connectivity index (χ2n) is 4.20. The van der Waals surface area contributed by atoms with Crippen LogP contribution in [0.5, 0.6) is 11.5 Å². The van der Waals surface area contributed by atoms with Crippen molar-refractivity contribution in [2.75, 3.05) is 13.7 Å². The maximum Gasteiger partial charge on any atom is 0.328 e. The lowest BCUT2D eigenvalue weighted by Gasteiger charge is -2.11. The van der Waals surface area contributed by atoms with E-state index >= 15 is 0 Å². The first-order chi connectivity index (χ1) is 10.2. The monoisotopic (exact) mass is 288 g/mol. The Morgan fingerprint density at radius 1 is 1.43 bits per heavy atom. The fraction of sp³-hybridized carbons (Fsp3) is 0.200. The van der Waals surface area contributed by atoms with Crippen LogP contribution in [0.25, 0.3) is 6.08 Å². The zero-order valence-corrected chi connectivity index (χ0v) is 11.6. The molecule has 0 aliphatic carbocycles. The van der Waals surface area contributed by atoms with Crippen molar-refractivity contribution in [2.45, 2.75) is 6.54 Å². The Labute approximate surface area is 122 Å². The molecule has 0 fully saturated rings. The predicted octanol–water partition coefficient (Wildman–Crippen LogP) is 2.07. The van der Waals surface area contributed by atoms with Crippen molar-refractivity contribution < 1.29 is 19.4 Å². The summed E-state index contributed by atoms with van der Waals surface area (Å²) in [5, 5.41) is 12.7. The third-order valence-corrected chi connectivity index (χ3v) is 2.74. The number of carbonyl (C=O) groups is 1. The minimum atomic E-state index is -0.994. The van der Waals surface area contributed by atoms with E-state index in [9.17, 15) is 4.79 Å².